The third-order valence-electron chi connectivity index (χ3n) is 4.44. The molecule has 0 heterocycles. The SMILES string of the molecule is CCOc1ccc(C(=O)N/N=C/c2ccc(OS(=O)(=O)c3ccc(Cl)cc3)c(Cl)c2)cc1OCC. The number of nitrogens with one attached hydrogen (secondary N) is 1. The minimum atomic E-state index is -4.09. The number of rotatable bonds is 10. The van der Waals surface area contributed by atoms with Gasteiger partial charge in [-0.2, -0.15) is 13.5 Å². The van der Waals surface area contributed by atoms with Crippen LogP contribution in [0.25, 0.3) is 0 Å². The van der Waals surface area contributed by atoms with Gasteiger partial charge in [0.25, 0.3) is 5.91 Å². The van der Waals surface area contributed by atoms with E-state index in [9.17, 15) is 13.2 Å². The molecule has 0 aromatic heterocycles. The highest BCUT2D eigenvalue weighted by Crippen LogP contribution is 2.29. The summed E-state index contributed by atoms with van der Waals surface area (Å²) in [6, 6.07) is 14.8. The lowest BCUT2D eigenvalue weighted by Gasteiger charge is -2.11. The number of carbonyl (C=O) groups excluding carboxylic acids is 1. The van der Waals surface area contributed by atoms with Crippen LogP contribution in [0.4, 0.5) is 0 Å². The van der Waals surface area contributed by atoms with Crippen molar-refractivity contribution < 1.29 is 26.9 Å². The second-order valence-electron chi connectivity index (χ2n) is 6.91. The summed E-state index contributed by atoms with van der Waals surface area (Å²) in [7, 11) is -4.09. The molecule has 0 fully saturated rings. The molecule has 0 aliphatic rings. The van der Waals surface area contributed by atoms with E-state index in [0.29, 0.717) is 40.9 Å². The van der Waals surface area contributed by atoms with E-state index < -0.39 is 16.0 Å². The van der Waals surface area contributed by atoms with Gasteiger partial charge in [-0.15, -0.1) is 0 Å². The van der Waals surface area contributed by atoms with Gasteiger partial charge < -0.3 is 13.7 Å². The van der Waals surface area contributed by atoms with Gasteiger partial charge in [0, 0.05) is 10.6 Å². The molecule has 0 saturated heterocycles. The molecular weight excluding hydrogens is 515 g/mol. The maximum atomic E-state index is 12.5. The number of ether oxygens (including phenoxy) is 2. The highest BCUT2D eigenvalue weighted by molar-refractivity contribution is 7.87. The monoisotopic (exact) mass is 536 g/mol. The molecular formula is C24H22Cl2N2O6S. The molecule has 11 heteroatoms. The fourth-order valence-electron chi connectivity index (χ4n) is 2.85. The molecule has 8 nitrogen and oxygen atoms in total. The lowest BCUT2D eigenvalue weighted by atomic mass is 10.2. The van der Waals surface area contributed by atoms with Gasteiger partial charge in [0.05, 0.1) is 24.5 Å². The van der Waals surface area contributed by atoms with Crippen LogP contribution in [0.15, 0.2) is 70.7 Å². The predicted octanol–water partition coefficient (Wildman–Crippen LogP) is 5.32. The summed E-state index contributed by atoms with van der Waals surface area (Å²) >= 11 is 12.0. The Morgan fingerprint density at radius 2 is 1.57 bits per heavy atom. The highest BCUT2D eigenvalue weighted by atomic mass is 35.5. The molecule has 35 heavy (non-hydrogen) atoms. The summed E-state index contributed by atoms with van der Waals surface area (Å²) in [4.78, 5) is 12.4. The summed E-state index contributed by atoms with van der Waals surface area (Å²) in [5, 5.41) is 4.37. The standard InChI is InChI=1S/C24H22Cl2N2O6S/c1-3-32-22-12-6-17(14-23(22)33-4-2)24(29)28-27-15-16-5-11-21(20(26)13-16)34-35(30,31)19-9-7-18(25)8-10-19/h5-15H,3-4H2,1-2H3,(H,28,29)/b27-15+. The summed E-state index contributed by atoms with van der Waals surface area (Å²) in [5.74, 6) is 0.498. The zero-order valence-corrected chi connectivity index (χ0v) is 21.2. The van der Waals surface area contributed by atoms with Gasteiger partial charge in [-0.1, -0.05) is 23.2 Å². The van der Waals surface area contributed by atoms with Crippen LogP contribution in [0.2, 0.25) is 10.0 Å². The largest absolute Gasteiger partial charge is 0.490 e. The van der Waals surface area contributed by atoms with Gasteiger partial charge in [0.15, 0.2) is 17.2 Å². The van der Waals surface area contributed by atoms with Gasteiger partial charge in [-0.3, -0.25) is 4.79 Å². The molecule has 0 bridgehead atoms. The van der Waals surface area contributed by atoms with Crippen LogP contribution in [-0.2, 0) is 10.1 Å². The van der Waals surface area contributed by atoms with Crippen molar-refractivity contribution in [3.8, 4) is 17.2 Å². The number of hydrazone groups is 1. The van der Waals surface area contributed by atoms with Crippen LogP contribution in [0.1, 0.15) is 29.8 Å². The zero-order valence-electron chi connectivity index (χ0n) is 18.8. The molecule has 0 aliphatic heterocycles. The second kappa shape index (κ2) is 11.9. The molecule has 0 saturated carbocycles. The minimum absolute atomic E-state index is 0.0469. The third kappa shape index (κ3) is 7.11. The Hall–Kier alpha value is -3.27. The maximum Gasteiger partial charge on any atom is 0.339 e. The van der Waals surface area contributed by atoms with Crippen LogP contribution >= 0.6 is 23.2 Å². The molecule has 0 aliphatic carbocycles. The quantitative estimate of drug-likeness (QED) is 0.213. The highest BCUT2D eigenvalue weighted by Gasteiger charge is 2.18. The molecule has 0 atom stereocenters. The number of halogens is 2. The van der Waals surface area contributed by atoms with E-state index >= 15 is 0 Å². The fraction of sp³-hybridized carbons (Fsp3) is 0.167. The Kier molecular flexibility index (Phi) is 8.97. The molecule has 0 spiro atoms. The summed E-state index contributed by atoms with van der Waals surface area (Å²) in [5.41, 5.74) is 3.26. The van der Waals surface area contributed by atoms with Gasteiger partial charge in [0.1, 0.15) is 4.90 Å². The Morgan fingerprint density at radius 3 is 2.23 bits per heavy atom. The number of benzene rings is 3. The minimum Gasteiger partial charge on any atom is -0.490 e. The van der Waals surface area contributed by atoms with Crippen molar-refractivity contribution in [2.75, 3.05) is 13.2 Å². The van der Waals surface area contributed by atoms with Crippen molar-refractivity contribution in [2.24, 2.45) is 5.10 Å². The third-order valence-corrected chi connectivity index (χ3v) is 6.24. The first-order chi connectivity index (χ1) is 16.7. The van der Waals surface area contributed by atoms with Crippen molar-refractivity contribution in [3.05, 3.63) is 81.8 Å². The first-order valence-corrected chi connectivity index (χ1v) is 12.6. The normalized spacial score (nSPS) is 11.3. The van der Waals surface area contributed by atoms with E-state index in [1.807, 2.05) is 13.8 Å². The first kappa shape index (κ1) is 26.3. The van der Waals surface area contributed by atoms with Crippen molar-refractivity contribution in [1.82, 2.24) is 5.43 Å². The van der Waals surface area contributed by atoms with E-state index in [4.69, 9.17) is 36.9 Å². The van der Waals surface area contributed by atoms with Crippen molar-refractivity contribution >= 4 is 45.4 Å². The van der Waals surface area contributed by atoms with E-state index in [0.717, 1.165) is 0 Å². The van der Waals surface area contributed by atoms with Gasteiger partial charge in [-0.25, -0.2) is 5.43 Å². The Labute approximate surface area is 213 Å². The van der Waals surface area contributed by atoms with Crippen molar-refractivity contribution in [2.45, 2.75) is 18.7 Å². The summed E-state index contributed by atoms with van der Waals surface area (Å²) in [6.45, 7) is 4.58. The Balaban J connectivity index is 1.67. The van der Waals surface area contributed by atoms with E-state index in [1.54, 1.807) is 24.3 Å². The maximum absolute atomic E-state index is 12.5. The number of hydrogen-bond acceptors (Lipinski definition) is 7. The summed E-state index contributed by atoms with van der Waals surface area (Å²) < 4.78 is 41.0. The Morgan fingerprint density at radius 1 is 0.914 bits per heavy atom. The first-order valence-electron chi connectivity index (χ1n) is 10.5. The van der Waals surface area contributed by atoms with Crippen LogP contribution in [0, 0.1) is 0 Å². The van der Waals surface area contributed by atoms with Gasteiger partial charge in [0.2, 0.25) is 0 Å². The second-order valence-corrected chi connectivity index (χ2v) is 9.30. The molecule has 1 amide bonds. The number of carbonyl (C=O) groups is 1. The Bertz CT molecular complexity index is 1330. The predicted molar refractivity (Wildman–Crippen MR) is 135 cm³/mol. The molecule has 0 radical (unpaired) electrons. The zero-order chi connectivity index (χ0) is 25.4. The van der Waals surface area contributed by atoms with E-state index in [-0.39, 0.29) is 15.7 Å². The molecule has 3 aromatic carbocycles. The number of hydrogen-bond donors (Lipinski definition) is 1. The van der Waals surface area contributed by atoms with Crippen molar-refractivity contribution in [1.29, 1.82) is 0 Å². The number of nitrogens with zero attached hydrogens (tertiary/aromatic N) is 1. The van der Waals surface area contributed by atoms with E-state index in [1.165, 1.54) is 42.6 Å². The molecule has 184 valence electrons. The van der Waals surface area contributed by atoms with Crippen LogP contribution in [0.5, 0.6) is 17.2 Å². The molecule has 1 N–H and O–H groups in total. The van der Waals surface area contributed by atoms with Crippen LogP contribution < -0.4 is 19.1 Å². The fourth-order valence-corrected chi connectivity index (χ4v) is 4.20. The molecule has 0 unspecified atom stereocenters. The smallest absolute Gasteiger partial charge is 0.339 e. The van der Waals surface area contributed by atoms with Crippen molar-refractivity contribution in [3.63, 3.8) is 0 Å². The lowest BCUT2D eigenvalue weighted by Crippen LogP contribution is -2.17. The van der Waals surface area contributed by atoms with Gasteiger partial charge in [-0.05, 0) is 80.1 Å². The molecule has 3 aromatic rings. The average Bonchev–Trinajstić information content (AvgIpc) is 2.82. The van der Waals surface area contributed by atoms with Crippen LogP contribution in [-0.4, -0.2) is 33.8 Å². The van der Waals surface area contributed by atoms with Gasteiger partial charge >= 0.3 is 10.1 Å². The van der Waals surface area contributed by atoms with E-state index in [2.05, 4.69) is 10.5 Å². The lowest BCUT2D eigenvalue weighted by molar-refractivity contribution is 0.0954. The molecule has 3 rings (SSSR count). The average molecular weight is 537 g/mol. The summed E-state index contributed by atoms with van der Waals surface area (Å²) in [6.07, 6.45) is 1.36. The van der Waals surface area contributed by atoms with Crippen LogP contribution in [0.3, 0.4) is 0 Å². The topological polar surface area (TPSA) is 103 Å². The number of amides is 1.